The quantitative estimate of drug-likeness (QED) is 0.230. The van der Waals surface area contributed by atoms with Gasteiger partial charge in [-0.3, -0.25) is 14.4 Å². The van der Waals surface area contributed by atoms with Crippen molar-refractivity contribution in [1.29, 1.82) is 0 Å². The first-order chi connectivity index (χ1) is 18.0. The number of nitrogens with one attached hydrogen (secondary N) is 2. The molecule has 4 rings (SSSR count). The topological polar surface area (TPSA) is 75.3 Å². The molecule has 0 aliphatic heterocycles. The van der Waals surface area contributed by atoms with Crippen molar-refractivity contribution in [2.45, 2.75) is 0 Å². The van der Waals surface area contributed by atoms with Gasteiger partial charge in [0.15, 0.2) is 5.78 Å². The number of halogens is 1. The fraction of sp³-hybridized carbons (Fsp3) is 0. The first kappa shape index (κ1) is 25.0. The predicted octanol–water partition coefficient (Wildman–Crippen LogP) is 6.13. The summed E-state index contributed by atoms with van der Waals surface area (Å²) in [5.74, 6) is -1.87. The number of allylic oxidation sites excluding steroid dienone is 1. The molecule has 0 aromatic heterocycles. The van der Waals surface area contributed by atoms with Gasteiger partial charge in [0, 0.05) is 22.4 Å². The second kappa shape index (κ2) is 12.0. The highest BCUT2D eigenvalue weighted by Crippen LogP contribution is 2.15. The van der Waals surface area contributed by atoms with Crippen molar-refractivity contribution in [1.82, 2.24) is 5.32 Å². The Labute approximate surface area is 214 Å². The van der Waals surface area contributed by atoms with E-state index in [1.807, 2.05) is 30.3 Å². The Bertz CT molecular complexity index is 1460. The van der Waals surface area contributed by atoms with Crippen molar-refractivity contribution in [2.24, 2.45) is 0 Å². The Hall–Kier alpha value is -5.10. The Morgan fingerprint density at radius 3 is 1.97 bits per heavy atom. The molecule has 0 aliphatic rings. The summed E-state index contributed by atoms with van der Waals surface area (Å²) in [5.41, 5.74) is 2.12. The van der Waals surface area contributed by atoms with E-state index >= 15 is 0 Å². The summed E-state index contributed by atoms with van der Waals surface area (Å²) in [6.45, 7) is 0. The molecule has 0 heterocycles. The second-order valence-corrected chi connectivity index (χ2v) is 8.04. The molecule has 2 N–H and O–H groups in total. The van der Waals surface area contributed by atoms with Crippen LogP contribution in [0.15, 0.2) is 121 Å². The number of amides is 2. The third kappa shape index (κ3) is 6.96. The van der Waals surface area contributed by atoms with Crippen molar-refractivity contribution in [3.8, 4) is 0 Å². The lowest BCUT2D eigenvalue weighted by atomic mass is 10.1. The highest BCUT2D eigenvalue weighted by molar-refractivity contribution is 6.11. The maximum Gasteiger partial charge on any atom is 0.272 e. The standard InChI is InChI=1S/C31H23FN2O3/c32-27-14-8-7-13-25(27)21-28(34-30(36)24-11-5-2-6-12-24)31(37)33-26-18-16-23(17-19-26)29(35)20-15-22-9-3-1-4-10-22/h1-21H,(H,33,37)(H,34,36)/b20-15+,28-21-. The first-order valence-electron chi connectivity index (χ1n) is 11.5. The molecule has 0 unspecified atom stereocenters. The molecule has 4 aromatic carbocycles. The maximum atomic E-state index is 14.3. The molecule has 0 fully saturated rings. The molecule has 0 saturated heterocycles. The molecular formula is C31H23FN2O3. The van der Waals surface area contributed by atoms with Gasteiger partial charge in [0.05, 0.1) is 0 Å². The summed E-state index contributed by atoms with van der Waals surface area (Å²) in [7, 11) is 0. The summed E-state index contributed by atoms with van der Waals surface area (Å²) in [6, 6.07) is 30.1. The van der Waals surface area contributed by atoms with Crippen LogP contribution in [0, 0.1) is 5.82 Å². The molecular weight excluding hydrogens is 467 g/mol. The van der Waals surface area contributed by atoms with E-state index in [-0.39, 0.29) is 17.0 Å². The number of rotatable bonds is 8. The average Bonchev–Trinajstić information content (AvgIpc) is 2.94. The number of hydrogen-bond acceptors (Lipinski definition) is 3. The number of anilines is 1. The minimum Gasteiger partial charge on any atom is -0.321 e. The van der Waals surface area contributed by atoms with E-state index in [0.717, 1.165) is 5.56 Å². The molecule has 2 amide bonds. The molecule has 0 spiro atoms. The SMILES string of the molecule is O=C(Nc1ccc(C(=O)/C=C/c2ccccc2)cc1)/C(=C/c1ccccc1F)NC(=O)c1ccccc1. The lowest BCUT2D eigenvalue weighted by Crippen LogP contribution is -2.30. The number of hydrogen-bond donors (Lipinski definition) is 2. The zero-order valence-electron chi connectivity index (χ0n) is 19.7. The lowest BCUT2D eigenvalue weighted by Gasteiger charge is -2.12. The lowest BCUT2D eigenvalue weighted by molar-refractivity contribution is -0.113. The van der Waals surface area contributed by atoms with Gasteiger partial charge in [0.25, 0.3) is 11.8 Å². The summed E-state index contributed by atoms with van der Waals surface area (Å²) in [4.78, 5) is 38.3. The predicted molar refractivity (Wildman–Crippen MR) is 143 cm³/mol. The largest absolute Gasteiger partial charge is 0.321 e. The van der Waals surface area contributed by atoms with Gasteiger partial charge in [0.1, 0.15) is 11.5 Å². The molecule has 4 aromatic rings. The highest BCUT2D eigenvalue weighted by Gasteiger charge is 2.16. The van der Waals surface area contributed by atoms with Gasteiger partial charge in [-0.15, -0.1) is 0 Å². The third-order valence-corrected chi connectivity index (χ3v) is 5.39. The highest BCUT2D eigenvalue weighted by atomic mass is 19.1. The van der Waals surface area contributed by atoms with Crippen LogP contribution < -0.4 is 10.6 Å². The third-order valence-electron chi connectivity index (χ3n) is 5.39. The van der Waals surface area contributed by atoms with Gasteiger partial charge in [0.2, 0.25) is 0 Å². The molecule has 0 bridgehead atoms. The van der Waals surface area contributed by atoms with E-state index in [1.165, 1.54) is 30.4 Å². The zero-order valence-corrected chi connectivity index (χ0v) is 19.7. The molecule has 37 heavy (non-hydrogen) atoms. The Morgan fingerprint density at radius 2 is 1.30 bits per heavy atom. The summed E-state index contributed by atoms with van der Waals surface area (Å²) in [5, 5.41) is 5.26. The Balaban J connectivity index is 1.50. The van der Waals surface area contributed by atoms with E-state index in [0.29, 0.717) is 16.8 Å². The zero-order chi connectivity index (χ0) is 26.0. The number of ketones is 1. The van der Waals surface area contributed by atoms with Crippen LogP contribution in [0.25, 0.3) is 12.2 Å². The number of carbonyl (C=O) groups is 3. The van der Waals surface area contributed by atoms with Crippen LogP contribution in [0.2, 0.25) is 0 Å². The Morgan fingerprint density at radius 1 is 0.676 bits per heavy atom. The fourth-order valence-corrected chi connectivity index (χ4v) is 3.44. The molecule has 5 nitrogen and oxygen atoms in total. The van der Waals surface area contributed by atoms with Gasteiger partial charge in [-0.25, -0.2) is 4.39 Å². The smallest absolute Gasteiger partial charge is 0.272 e. The van der Waals surface area contributed by atoms with Crippen LogP contribution in [0.1, 0.15) is 31.8 Å². The van der Waals surface area contributed by atoms with Crippen molar-refractivity contribution in [3.05, 3.63) is 149 Å². The minimum absolute atomic E-state index is 0.134. The second-order valence-electron chi connectivity index (χ2n) is 8.04. The Kier molecular flexibility index (Phi) is 8.14. The molecule has 182 valence electrons. The van der Waals surface area contributed by atoms with Gasteiger partial charge in [-0.2, -0.15) is 0 Å². The van der Waals surface area contributed by atoms with Gasteiger partial charge >= 0.3 is 0 Å². The first-order valence-corrected chi connectivity index (χ1v) is 11.5. The monoisotopic (exact) mass is 490 g/mol. The van der Waals surface area contributed by atoms with E-state index in [4.69, 9.17) is 0 Å². The summed E-state index contributed by atoms with van der Waals surface area (Å²) >= 11 is 0. The maximum absolute atomic E-state index is 14.3. The van der Waals surface area contributed by atoms with Crippen molar-refractivity contribution >= 4 is 35.4 Å². The summed E-state index contributed by atoms with van der Waals surface area (Å²) < 4.78 is 14.3. The van der Waals surface area contributed by atoms with Gasteiger partial charge in [-0.1, -0.05) is 72.8 Å². The molecule has 0 radical (unpaired) electrons. The van der Waals surface area contributed by atoms with E-state index < -0.39 is 17.6 Å². The molecule has 0 atom stereocenters. The van der Waals surface area contributed by atoms with Crippen molar-refractivity contribution < 1.29 is 18.8 Å². The average molecular weight is 491 g/mol. The van der Waals surface area contributed by atoms with Crippen LogP contribution in [0.3, 0.4) is 0 Å². The van der Waals surface area contributed by atoms with Crippen molar-refractivity contribution in [2.75, 3.05) is 5.32 Å². The van der Waals surface area contributed by atoms with Crippen LogP contribution in [0.5, 0.6) is 0 Å². The van der Waals surface area contributed by atoms with E-state index in [2.05, 4.69) is 10.6 Å². The molecule has 0 aliphatic carbocycles. The molecule has 0 saturated carbocycles. The van der Waals surface area contributed by atoms with Crippen LogP contribution in [-0.4, -0.2) is 17.6 Å². The van der Waals surface area contributed by atoms with Crippen LogP contribution >= 0.6 is 0 Å². The van der Waals surface area contributed by atoms with E-state index in [1.54, 1.807) is 66.7 Å². The number of carbonyl (C=O) groups excluding carboxylic acids is 3. The van der Waals surface area contributed by atoms with Crippen LogP contribution in [0.4, 0.5) is 10.1 Å². The number of benzene rings is 4. The van der Waals surface area contributed by atoms with Crippen LogP contribution in [-0.2, 0) is 4.79 Å². The minimum atomic E-state index is -0.643. The normalized spacial score (nSPS) is 11.2. The van der Waals surface area contributed by atoms with Gasteiger partial charge < -0.3 is 10.6 Å². The van der Waals surface area contributed by atoms with Gasteiger partial charge in [-0.05, 0) is 60.2 Å². The molecule has 6 heteroatoms. The fourth-order valence-electron chi connectivity index (χ4n) is 3.44. The van der Waals surface area contributed by atoms with Crippen molar-refractivity contribution in [3.63, 3.8) is 0 Å². The summed E-state index contributed by atoms with van der Waals surface area (Å²) in [6.07, 6.45) is 4.49. The van der Waals surface area contributed by atoms with E-state index in [9.17, 15) is 18.8 Å².